The Bertz CT molecular complexity index is 2650. The fraction of sp³-hybridized carbons (Fsp3) is 0.0244. The first kappa shape index (κ1) is 25.7. The number of nitrogens with zero attached hydrogens (tertiary/aromatic N) is 1. The largest absolute Gasteiger partial charge is 0.457 e. The van der Waals surface area contributed by atoms with Crippen molar-refractivity contribution in [3.63, 3.8) is 0 Å². The maximum absolute atomic E-state index is 15.2. The Balaban J connectivity index is 1.48. The van der Waals surface area contributed by atoms with Crippen molar-refractivity contribution in [3.8, 4) is 17.2 Å². The van der Waals surface area contributed by atoms with Gasteiger partial charge in [0.25, 0.3) is 0 Å². The lowest BCUT2D eigenvalue weighted by Gasteiger charge is -2.45. The zero-order valence-corrected chi connectivity index (χ0v) is 25.3. The Morgan fingerprint density at radius 1 is 0.500 bits per heavy atom. The Hall–Kier alpha value is -5.65. The lowest BCUT2D eigenvalue weighted by Crippen LogP contribution is -2.39. The molecule has 0 N–H and O–H groups in total. The third-order valence-corrected chi connectivity index (χ3v) is 11.7. The summed E-state index contributed by atoms with van der Waals surface area (Å²) in [6.07, 6.45) is 0. The molecule has 10 rings (SSSR count). The molecular weight excluding hydrogens is 587 g/mol. The predicted octanol–water partition coefficient (Wildman–Crippen LogP) is 9.57. The number of benzene rings is 7. The van der Waals surface area contributed by atoms with Crippen LogP contribution < -0.4 is 4.74 Å². The maximum Gasteiger partial charge on any atom is 0.209 e. The molecule has 0 radical (unpaired) electrons. The van der Waals surface area contributed by atoms with Crippen LogP contribution in [0.25, 0.3) is 38.3 Å². The third-order valence-electron chi connectivity index (χ3n) is 9.85. The average molecular weight is 612 g/mol. The van der Waals surface area contributed by atoms with Crippen LogP contribution in [0.5, 0.6) is 11.5 Å². The van der Waals surface area contributed by atoms with Crippen molar-refractivity contribution in [2.75, 3.05) is 0 Å². The minimum atomic E-state index is -4.00. The monoisotopic (exact) mass is 611 g/mol. The molecule has 0 saturated heterocycles. The van der Waals surface area contributed by atoms with Gasteiger partial charge < -0.3 is 9.30 Å². The number of hydrogen-bond acceptors (Lipinski definition) is 3. The number of ether oxygens (including phenoxy) is 1. The van der Waals surface area contributed by atoms with Gasteiger partial charge >= 0.3 is 0 Å². The van der Waals surface area contributed by atoms with Crippen molar-refractivity contribution in [3.05, 3.63) is 174 Å². The van der Waals surface area contributed by atoms with Crippen LogP contribution >= 0.6 is 0 Å². The Labute approximate surface area is 265 Å². The molecule has 7 aromatic carbocycles. The van der Waals surface area contributed by atoms with Crippen LogP contribution in [0.15, 0.2) is 161 Å². The standard InChI is InChI=1S/C41H25NO3S/c43-46(44)38-23-10-6-18-32(38)41(30-16-4-8-21-36(30)45-37-22-9-5-17-31(37)41)33-25-24-29-28-15-3-7-19-35(28)42(39(29)40(33)46)34-20-11-13-26-12-1-2-14-27(26)34/h1-25H. The zero-order chi connectivity index (χ0) is 30.6. The van der Waals surface area contributed by atoms with Gasteiger partial charge in [-0.2, -0.15) is 0 Å². The molecule has 2 aliphatic heterocycles. The molecule has 0 amide bonds. The minimum Gasteiger partial charge on any atom is -0.457 e. The first-order valence-electron chi connectivity index (χ1n) is 15.4. The minimum absolute atomic E-state index is 0.316. The molecule has 8 aromatic rings. The fourth-order valence-electron chi connectivity index (χ4n) is 8.09. The third kappa shape index (κ3) is 3.05. The van der Waals surface area contributed by atoms with Crippen molar-refractivity contribution in [1.29, 1.82) is 0 Å². The van der Waals surface area contributed by atoms with E-state index in [0.717, 1.165) is 66.5 Å². The van der Waals surface area contributed by atoms with E-state index < -0.39 is 15.3 Å². The summed E-state index contributed by atoms with van der Waals surface area (Å²) in [6.45, 7) is 0. The summed E-state index contributed by atoms with van der Waals surface area (Å²) in [4.78, 5) is 0.649. The first-order chi connectivity index (χ1) is 22.6. The van der Waals surface area contributed by atoms with Crippen LogP contribution in [0.1, 0.15) is 22.3 Å². The molecule has 1 aromatic heterocycles. The van der Waals surface area contributed by atoms with Gasteiger partial charge in [0.15, 0.2) is 0 Å². The normalized spacial score (nSPS) is 15.2. The van der Waals surface area contributed by atoms with E-state index in [9.17, 15) is 0 Å². The number of fused-ring (bicyclic) bond motifs is 13. The van der Waals surface area contributed by atoms with Gasteiger partial charge in [-0.05, 0) is 46.8 Å². The van der Waals surface area contributed by atoms with Crippen molar-refractivity contribution in [1.82, 2.24) is 4.57 Å². The molecule has 2 aliphatic rings. The van der Waals surface area contributed by atoms with Crippen molar-refractivity contribution in [2.45, 2.75) is 15.2 Å². The van der Waals surface area contributed by atoms with E-state index in [1.54, 1.807) is 6.07 Å². The Kier molecular flexibility index (Phi) is 5.00. The molecule has 46 heavy (non-hydrogen) atoms. The topological polar surface area (TPSA) is 48.3 Å². The molecule has 0 aliphatic carbocycles. The highest BCUT2D eigenvalue weighted by molar-refractivity contribution is 7.92. The van der Waals surface area contributed by atoms with Crippen molar-refractivity contribution >= 4 is 42.4 Å². The van der Waals surface area contributed by atoms with E-state index in [-0.39, 0.29) is 0 Å². The van der Waals surface area contributed by atoms with Crippen LogP contribution in [0, 0.1) is 0 Å². The van der Waals surface area contributed by atoms with Gasteiger partial charge in [-0.25, -0.2) is 8.42 Å². The molecule has 218 valence electrons. The lowest BCUT2D eigenvalue weighted by molar-refractivity contribution is 0.430. The van der Waals surface area contributed by atoms with Crippen LogP contribution in [-0.4, -0.2) is 13.0 Å². The zero-order valence-electron chi connectivity index (χ0n) is 24.5. The van der Waals surface area contributed by atoms with Gasteiger partial charge in [0.2, 0.25) is 9.84 Å². The molecule has 0 atom stereocenters. The molecule has 4 nitrogen and oxygen atoms in total. The second-order valence-corrected chi connectivity index (χ2v) is 13.9. The molecule has 1 spiro atoms. The van der Waals surface area contributed by atoms with Gasteiger partial charge in [-0.15, -0.1) is 0 Å². The van der Waals surface area contributed by atoms with Gasteiger partial charge in [0, 0.05) is 27.3 Å². The van der Waals surface area contributed by atoms with E-state index >= 15 is 8.42 Å². The molecule has 0 saturated carbocycles. The molecular formula is C41H25NO3S. The second-order valence-electron chi connectivity index (χ2n) is 12.0. The second kappa shape index (κ2) is 8.96. The predicted molar refractivity (Wildman–Crippen MR) is 182 cm³/mol. The van der Waals surface area contributed by atoms with E-state index in [1.165, 1.54) is 0 Å². The SMILES string of the molecule is O=S1(=O)c2ccccc2C2(c3ccccc3Oc3ccccc32)c2ccc3c4ccccc4n(-c4cccc5ccccc45)c3c21. The molecule has 0 fully saturated rings. The Morgan fingerprint density at radius 2 is 1.11 bits per heavy atom. The lowest BCUT2D eigenvalue weighted by atomic mass is 9.63. The summed E-state index contributed by atoms with van der Waals surface area (Å²) in [5.74, 6) is 1.44. The van der Waals surface area contributed by atoms with E-state index in [0.29, 0.717) is 15.3 Å². The number of hydrogen-bond donors (Lipinski definition) is 0. The molecule has 0 unspecified atom stereocenters. The summed E-state index contributed by atoms with van der Waals surface area (Å²) in [7, 11) is -4.00. The molecule has 0 bridgehead atoms. The maximum atomic E-state index is 15.2. The summed E-state index contributed by atoms with van der Waals surface area (Å²) < 4.78 is 39.2. The van der Waals surface area contributed by atoms with E-state index in [4.69, 9.17) is 4.74 Å². The van der Waals surface area contributed by atoms with Crippen LogP contribution in [-0.2, 0) is 15.3 Å². The number of aromatic nitrogens is 1. The molecule has 3 heterocycles. The summed E-state index contributed by atoms with van der Waals surface area (Å²) >= 11 is 0. The van der Waals surface area contributed by atoms with Gasteiger partial charge in [-0.3, -0.25) is 0 Å². The van der Waals surface area contributed by atoms with Gasteiger partial charge in [-0.1, -0.05) is 121 Å². The summed E-state index contributed by atoms with van der Waals surface area (Å²) in [5, 5.41) is 4.04. The molecule has 5 heteroatoms. The number of sulfone groups is 1. The highest BCUT2D eigenvalue weighted by Crippen LogP contribution is 2.61. The highest BCUT2D eigenvalue weighted by atomic mass is 32.2. The summed E-state index contributed by atoms with van der Waals surface area (Å²) in [6, 6.07) is 50.4. The number of rotatable bonds is 1. The van der Waals surface area contributed by atoms with Gasteiger partial charge in [0.05, 0.1) is 27.0 Å². The van der Waals surface area contributed by atoms with Crippen molar-refractivity contribution in [2.24, 2.45) is 0 Å². The van der Waals surface area contributed by atoms with Crippen LogP contribution in [0.4, 0.5) is 0 Å². The van der Waals surface area contributed by atoms with Gasteiger partial charge in [0.1, 0.15) is 16.4 Å². The first-order valence-corrected chi connectivity index (χ1v) is 16.8. The van der Waals surface area contributed by atoms with E-state index in [1.807, 2.05) is 91.0 Å². The quantitative estimate of drug-likeness (QED) is 0.186. The van der Waals surface area contributed by atoms with Crippen LogP contribution in [0.2, 0.25) is 0 Å². The van der Waals surface area contributed by atoms with Crippen LogP contribution in [0.3, 0.4) is 0 Å². The fourth-order valence-corrected chi connectivity index (χ4v) is 10.0. The average Bonchev–Trinajstić information content (AvgIpc) is 3.44. The Morgan fingerprint density at radius 3 is 1.89 bits per heavy atom. The smallest absolute Gasteiger partial charge is 0.209 e. The van der Waals surface area contributed by atoms with E-state index in [2.05, 4.69) is 59.2 Å². The van der Waals surface area contributed by atoms with Crippen molar-refractivity contribution < 1.29 is 13.2 Å². The highest BCUT2D eigenvalue weighted by Gasteiger charge is 2.53. The number of para-hydroxylation sites is 3. The summed E-state index contributed by atoms with van der Waals surface area (Å²) in [5.41, 5.74) is 4.95.